The Balaban J connectivity index is 1.98. The molecule has 0 radical (unpaired) electrons. The van der Waals surface area contributed by atoms with Crippen LogP contribution in [0, 0.1) is 5.82 Å². The number of nitrogens with two attached hydrogens (primary N) is 1. The third-order valence-corrected chi connectivity index (χ3v) is 4.16. The van der Waals surface area contributed by atoms with Crippen molar-refractivity contribution in [1.82, 2.24) is 0 Å². The summed E-state index contributed by atoms with van der Waals surface area (Å²) in [4.78, 5) is 0. The lowest BCUT2D eigenvalue weighted by molar-refractivity contribution is 0.406. The summed E-state index contributed by atoms with van der Waals surface area (Å²) in [5, 5.41) is 0. The molecule has 2 N–H and O–H groups in total. The van der Waals surface area contributed by atoms with Crippen molar-refractivity contribution in [2.75, 3.05) is 7.11 Å². The molecule has 0 aliphatic heterocycles. The first-order valence-electron chi connectivity index (χ1n) is 6.82. The molecule has 3 rings (SSSR count). The van der Waals surface area contributed by atoms with Crippen LogP contribution >= 0.6 is 0 Å². The maximum atomic E-state index is 13.9. The van der Waals surface area contributed by atoms with Crippen molar-refractivity contribution in [1.29, 1.82) is 0 Å². The van der Waals surface area contributed by atoms with Crippen molar-refractivity contribution in [2.24, 2.45) is 5.73 Å². The van der Waals surface area contributed by atoms with Crippen LogP contribution in [-0.2, 0) is 18.4 Å². The molecule has 1 aliphatic rings. The highest BCUT2D eigenvalue weighted by Crippen LogP contribution is 2.39. The molecule has 1 atom stereocenters. The van der Waals surface area contributed by atoms with Crippen molar-refractivity contribution in [3.05, 3.63) is 65.0 Å². The quantitative estimate of drug-likeness (QED) is 0.930. The summed E-state index contributed by atoms with van der Waals surface area (Å²) in [6, 6.07) is 12.8. The minimum Gasteiger partial charge on any atom is -0.497 e. The first-order valence-corrected chi connectivity index (χ1v) is 6.82. The molecule has 0 spiro atoms. The summed E-state index contributed by atoms with van der Waals surface area (Å²) < 4.78 is 19.1. The molecule has 0 bridgehead atoms. The Morgan fingerprint density at radius 2 is 2.05 bits per heavy atom. The zero-order chi connectivity index (χ0) is 14.2. The van der Waals surface area contributed by atoms with Gasteiger partial charge >= 0.3 is 0 Å². The zero-order valence-electron chi connectivity index (χ0n) is 11.5. The van der Waals surface area contributed by atoms with Gasteiger partial charge in [0.05, 0.1) is 7.11 Å². The van der Waals surface area contributed by atoms with Crippen LogP contribution in [0.4, 0.5) is 4.39 Å². The van der Waals surface area contributed by atoms with Crippen LogP contribution in [0.3, 0.4) is 0 Å². The van der Waals surface area contributed by atoms with E-state index >= 15 is 0 Å². The number of hydrogen-bond acceptors (Lipinski definition) is 2. The molecule has 0 heterocycles. The lowest BCUT2D eigenvalue weighted by Gasteiger charge is -2.26. The molecular formula is C17H18FNO. The maximum Gasteiger partial charge on any atom is 0.126 e. The van der Waals surface area contributed by atoms with Gasteiger partial charge in [0.15, 0.2) is 0 Å². The van der Waals surface area contributed by atoms with Gasteiger partial charge in [-0.2, -0.15) is 0 Å². The van der Waals surface area contributed by atoms with Crippen molar-refractivity contribution in [3.8, 4) is 5.75 Å². The van der Waals surface area contributed by atoms with Crippen molar-refractivity contribution < 1.29 is 9.13 Å². The fraction of sp³-hybridized carbons (Fsp3) is 0.294. The second-order valence-electron chi connectivity index (χ2n) is 5.45. The van der Waals surface area contributed by atoms with Gasteiger partial charge < -0.3 is 10.5 Å². The second kappa shape index (κ2) is 4.91. The molecule has 104 valence electrons. The summed E-state index contributed by atoms with van der Waals surface area (Å²) in [5.41, 5.74) is 9.06. The highest BCUT2D eigenvalue weighted by atomic mass is 19.1. The molecule has 2 aromatic carbocycles. The number of methoxy groups -OCH3 is 1. The average Bonchev–Trinajstić information content (AvgIpc) is 2.78. The van der Waals surface area contributed by atoms with Gasteiger partial charge in [0, 0.05) is 5.54 Å². The van der Waals surface area contributed by atoms with Gasteiger partial charge in [-0.05, 0) is 54.2 Å². The summed E-state index contributed by atoms with van der Waals surface area (Å²) in [6.07, 6.45) is 2.29. The van der Waals surface area contributed by atoms with E-state index in [1.807, 2.05) is 24.3 Å². The Labute approximate surface area is 118 Å². The molecule has 20 heavy (non-hydrogen) atoms. The first kappa shape index (κ1) is 13.1. The van der Waals surface area contributed by atoms with E-state index in [1.165, 1.54) is 11.6 Å². The van der Waals surface area contributed by atoms with Crippen molar-refractivity contribution in [2.45, 2.75) is 24.8 Å². The number of rotatable bonds is 3. The number of hydrogen-bond donors (Lipinski definition) is 1. The van der Waals surface area contributed by atoms with Crippen LogP contribution in [0.25, 0.3) is 0 Å². The van der Waals surface area contributed by atoms with Gasteiger partial charge in [0.2, 0.25) is 0 Å². The second-order valence-corrected chi connectivity index (χ2v) is 5.45. The molecule has 0 fully saturated rings. The van der Waals surface area contributed by atoms with Gasteiger partial charge in [0.1, 0.15) is 11.6 Å². The molecule has 0 aromatic heterocycles. The number of benzene rings is 2. The van der Waals surface area contributed by atoms with Gasteiger partial charge in [-0.15, -0.1) is 0 Å². The minimum atomic E-state index is -0.508. The highest BCUT2D eigenvalue weighted by molar-refractivity contribution is 5.44. The van der Waals surface area contributed by atoms with Crippen LogP contribution in [0.5, 0.6) is 5.75 Å². The fourth-order valence-corrected chi connectivity index (χ4v) is 3.02. The number of fused-ring (bicyclic) bond motifs is 1. The van der Waals surface area contributed by atoms with Crippen molar-refractivity contribution >= 4 is 0 Å². The Kier molecular flexibility index (Phi) is 3.22. The largest absolute Gasteiger partial charge is 0.497 e. The summed E-state index contributed by atoms with van der Waals surface area (Å²) in [7, 11) is 1.64. The maximum absolute atomic E-state index is 13.9. The van der Waals surface area contributed by atoms with Gasteiger partial charge in [-0.25, -0.2) is 4.39 Å². The Bertz CT molecular complexity index is 641. The van der Waals surface area contributed by atoms with E-state index in [9.17, 15) is 4.39 Å². The van der Waals surface area contributed by atoms with Crippen molar-refractivity contribution in [3.63, 3.8) is 0 Å². The lowest BCUT2D eigenvalue weighted by atomic mass is 9.86. The Morgan fingerprint density at radius 3 is 2.80 bits per heavy atom. The smallest absolute Gasteiger partial charge is 0.126 e. The van der Waals surface area contributed by atoms with Gasteiger partial charge in [0.25, 0.3) is 0 Å². The highest BCUT2D eigenvalue weighted by Gasteiger charge is 2.35. The van der Waals surface area contributed by atoms with Crippen LogP contribution in [0.1, 0.15) is 23.1 Å². The number of ether oxygens (including phenoxy) is 1. The van der Waals surface area contributed by atoms with E-state index in [1.54, 1.807) is 13.2 Å². The molecule has 0 saturated carbocycles. The van der Waals surface area contributed by atoms with Crippen LogP contribution in [0.15, 0.2) is 42.5 Å². The average molecular weight is 271 g/mol. The van der Waals surface area contributed by atoms with E-state index < -0.39 is 5.54 Å². The van der Waals surface area contributed by atoms with E-state index in [4.69, 9.17) is 10.5 Å². The number of aryl methyl sites for hydroxylation is 1. The third kappa shape index (κ3) is 2.18. The standard InChI is InChI=1S/C17H18FNO/c1-20-14-7-6-12-8-9-17(19,15(12)10-14)11-13-4-2-3-5-16(13)18/h2-7,10H,8-9,11,19H2,1H3. The van der Waals surface area contributed by atoms with Gasteiger partial charge in [-0.1, -0.05) is 24.3 Å². The molecule has 3 heteroatoms. The Morgan fingerprint density at radius 1 is 1.25 bits per heavy atom. The predicted molar refractivity (Wildman–Crippen MR) is 77.3 cm³/mol. The monoisotopic (exact) mass is 271 g/mol. The van der Waals surface area contributed by atoms with Crippen LogP contribution in [-0.4, -0.2) is 7.11 Å². The SMILES string of the molecule is COc1ccc2c(c1)C(N)(Cc1ccccc1F)CC2. The third-order valence-electron chi connectivity index (χ3n) is 4.16. The molecule has 2 aromatic rings. The van der Waals surface area contributed by atoms with Crippen LogP contribution < -0.4 is 10.5 Å². The molecule has 0 saturated heterocycles. The van der Waals surface area contributed by atoms with Crippen LogP contribution in [0.2, 0.25) is 0 Å². The molecule has 2 nitrogen and oxygen atoms in total. The zero-order valence-corrected chi connectivity index (χ0v) is 11.5. The molecule has 1 aliphatic carbocycles. The summed E-state index contributed by atoms with van der Waals surface area (Å²) >= 11 is 0. The van der Waals surface area contributed by atoms with E-state index in [0.29, 0.717) is 12.0 Å². The molecular weight excluding hydrogens is 253 g/mol. The first-order chi connectivity index (χ1) is 9.62. The normalized spacial score (nSPS) is 20.8. The molecule has 0 amide bonds. The minimum absolute atomic E-state index is 0.186. The lowest BCUT2D eigenvalue weighted by Crippen LogP contribution is -2.36. The van der Waals surface area contributed by atoms with E-state index in [-0.39, 0.29) is 5.82 Å². The topological polar surface area (TPSA) is 35.2 Å². The predicted octanol–water partition coefficient (Wildman–Crippen LogP) is 3.18. The fourth-order valence-electron chi connectivity index (χ4n) is 3.02. The van der Waals surface area contributed by atoms with Gasteiger partial charge in [-0.3, -0.25) is 0 Å². The Hall–Kier alpha value is -1.87. The van der Waals surface area contributed by atoms with E-state index in [0.717, 1.165) is 24.2 Å². The summed E-state index contributed by atoms with van der Waals surface area (Å²) in [5.74, 6) is 0.614. The molecule has 1 unspecified atom stereocenters. The number of halogens is 1. The summed E-state index contributed by atoms with van der Waals surface area (Å²) in [6.45, 7) is 0. The van der Waals surface area contributed by atoms with E-state index in [2.05, 4.69) is 6.07 Å².